The maximum absolute atomic E-state index is 12.1. The average Bonchev–Trinajstić information content (AvgIpc) is 2.62. The molecule has 104 valence electrons. The molecule has 0 fully saturated rings. The van der Waals surface area contributed by atoms with Crippen molar-refractivity contribution in [2.45, 2.75) is 31.7 Å². The van der Waals surface area contributed by atoms with E-state index in [0.29, 0.717) is 16.5 Å². The minimum Gasteiger partial charge on any atom is -0.317 e. The lowest BCUT2D eigenvalue weighted by Crippen LogP contribution is -2.38. The fourth-order valence-corrected chi connectivity index (χ4v) is 3.96. The number of fused-ring (bicyclic) bond motifs is 1. The Hall–Kier alpha value is -1.20. The molecule has 1 aromatic rings. The highest BCUT2D eigenvalue weighted by molar-refractivity contribution is 7.90. The summed E-state index contributed by atoms with van der Waals surface area (Å²) in [7, 11) is -1.63. The first-order valence-corrected chi connectivity index (χ1v) is 7.94. The van der Waals surface area contributed by atoms with Gasteiger partial charge in [0.05, 0.1) is 10.6 Å². The number of nitrogens with one attached hydrogen (secondary N) is 1. The van der Waals surface area contributed by atoms with Crippen molar-refractivity contribution in [3.8, 4) is 0 Å². The largest absolute Gasteiger partial charge is 0.317 e. The van der Waals surface area contributed by atoms with Crippen molar-refractivity contribution < 1.29 is 8.42 Å². The van der Waals surface area contributed by atoms with E-state index in [9.17, 15) is 8.42 Å². The van der Waals surface area contributed by atoms with Crippen LogP contribution >= 0.6 is 0 Å². The zero-order chi connectivity index (χ0) is 14.2. The molecular formula is C14H20N2O2S. The molecule has 0 spiro atoms. The standard InChI is InChI=1S/C14H20N2O2S/c1-9(2)13(10(3)15-4)14-11-7-5-6-8-12(11)19(17,18)16-14/h5-10,13,15H,1-4H3. The Morgan fingerprint density at radius 1 is 1.16 bits per heavy atom. The molecule has 4 nitrogen and oxygen atoms in total. The summed E-state index contributed by atoms with van der Waals surface area (Å²) >= 11 is 0. The molecule has 0 saturated carbocycles. The van der Waals surface area contributed by atoms with Crippen molar-refractivity contribution in [3.05, 3.63) is 29.8 Å². The minimum absolute atomic E-state index is 0.0726. The van der Waals surface area contributed by atoms with Gasteiger partial charge in [0.2, 0.25) is 0 Å². The molecular weight excluding hydrogens is 260 g/mol. The van der Waals surface area contributed by atoms with E-state index in [-0.39, 0.29) is 12.0 Å². The molecule has 0 amide bonds. The van der Waals surface area contributed by atoms with Gasteiger partial charge in [0.25, 0.3) is 10.0 Å². The smallest absolute Gasteiger partial charge is 0.283 e. The lowest BCUT2D eigenvalue weighted by molar-refractivity contribution is 0.390. The summed E-state index contributed by atoms with van der Waals surface area (Å²) in [5.41, 5.74) is 1.44. The zero-order valence-corrected chi connectivity index (χ0v) is 12.5. The molecule has 0 saturated heterocycles. The third-order valence-electron chi connectivity index (χ3n) is 3.69. The quantitative estimate of drug-likeness (QED) is 0.918. The summed E-state index contributed by atoms with van der Waals surface area (Å²) in [6.45, 7) is 6.24. The maximum atomic E-state index is 12.1. The summed E-state index contributed by atoms with van der Waals surface area (Å²) in [6, 6.07) is 7.23. The average molecular weight is 280 g/mol. The van der Waals surface area contributed by atoms with Crippen molar-refractivity contribution in [1.82, 2.24) is 5.32 Å². The first-order chi connectivity index (χ1) is 8.88. The summed E-state index contributed by atoms with van der Waals surface area (Å²) in [4.78, 5) is 0.332. The van der Waals surface area contributed by atoms with E-state index >= 15 is 0 Å². The summed E-state index contributed by atoms with van der Waals surface area (Å²) in [5, 5.41) is 3.21. The van der Waals surface area contributed by atoms with Gasteiger partial charge in [-0.05, 0) is 26.0 Å². The van der Waals surface area contributed by atoms with E-state index in [1.165, 1.54) is 0 Å². The van der Waals surface area contributed by atoms with Crippen LogP contribution in [0.3, 0.4) is 0 Å². The molecule has 0 aromatic heterocycles. The van der Waals surface area contributed by atoms with E-state index in [0.717, 1.165) is 5.56 Å². The number of nitrogens with zero attached hydrogens (tertiary/aromatic N) is 1. The van der Waals surface area contributed by atoms with Gasteiger partial charge in [0, 0.05) is 17.5 Å². The van der Waals surface area contributed by atoms with Gasteiger partial charge < -0.3 is 5.32 Å². The highest BCUT2D eigenvalue weighted by Crippen LogP contribution is 2.32. The van der Waals surface area contributed by atoms with E-state index in [4.69, 9.17) is 0 Å². The highest BCUT2D eigenvalue weighted by atomic mass is 32.2. The van der Waals surface area contributed by atoms with Gasteiger partial charge in [-0.25, -0.2) is 0 Å². The van der Waals surface area contributed by atoms with Crippen LogP contribution in [0.2, 0.25) is 0 Å². The van der Waals surface area contributed by atoms with Gasteiger partial charge >= 0.3 is 0 Å². The van der Waals surface area contributed by atoms with Crippen molar-refractivity contribution >= 4 is 15.7 Å². The molecule has 1 heterocycles. The maximum Gasteiger partial charge on any atom is 0.283 e. The van der Waals surface area contributed by atoms with Crippen LogP contribution in [0.4, 0.5) is 0 Å². The van der Waals surface area contributed by atoms with Crippen molar-refractivity contribution in [2.24, 2.45) is 16.2 Å². The number of sulfonamides is 1. The van der Waals surface area contributed by atoms with E-state index in [1.54, 1.807) is 12.1 Å². The van der Waals surface area contributed by atoms with Crippen LogP contribution in [-0.2, 0) is 10.0 Å². The molecule has 2 atom stereocenters. The van der Waals surface area contributed by atoms with Crippen LogP contribution in [0.1, 0.15) is 26.3 Å². The third kappa shape index (κ3) is 2.44. The van der Waals surface area contributed by atoms with E-state index < -0.39 is 10.0 Å². The van der Waals surface area contributed by atoms with Gasteiger partial charge in [-0.3, -0.25) is 0 Å². The predicted octanol–water partition coefficient (Wildman–Crippen LogP) is 2.06. The Labute approximate surface area is 115 Å². The van der Waals surface area contributed by atoms with Crippen molar-refractivity contribution in [2.75, 3.05) is 7.05 Å². The second-order valence-corrected chi connectivity index (χ2v) is 6.87. The van der Waals surface area contributed by atoms with Gasteiger partial charge in [-0.2, -0.15) is 12.8 Å². The topological polar surface area (TPSA) is 58.5 Å². The van der Waals surface area contributed by atoms with Gasteiger partial charge in [0.15, 0.2) is 0 Å². The fraction of sp³-hybridized carbons (Fsp3) is 0.500. The van der Waals surface area contributed by atoms with Crippen LogP contribution in [0.25, 0.3) is 0 Å². The summed E-state index contributed by atoms with van der Waals surface area (Å²) in [6.07, 6.45) is 0. The number of benzene rings is 1. The lowest BCUT2D eigenvalue weighted by Gasteiger charge is -2.27. The molecule has 19 heavy (non-hydrogen) atoms. The molecule has 2 unspecified atom stereocenters. The molecule has 1 aliphatic rings. The minimum atomic E-state index is -3.51. The molecule has 1 N–H and O–H groups in total. The second-order valence-electron chi connectivity index (χ2n) is 5.29. The highest BCUT2D eigenvalue weighted by Gasteiger charge is 2.35. The molecule has 2 rings (SSSR count). The Bertz CT molecular complexity index is 606. The zero-order valence-electron chi connectivity index (χ0n) is 11.7. The first-order valence-electron chi connectivity index (χ1n) is 6.50. The van der Waals surface area contributed by atoms with Crippen LogP contribution < -0.4 is 5.32 Å². The molecule has 0 bridgehead atoms. The van der Waals surface area contributed by atoms with Crippen molar-refractivity contribution in [1.29, 1.82) is 0 Å². The number of hydrogen-bond acceptors (Lipinski definition) is 3. The van der Waals surface area contributed by atoms with Crippen LogP contribution in [0.5, 0.6) is 0 Å². The van der Waals surface area contributed by atoms with Gasteiger partial charge in [0.1, 0.15) is 0 Å². The Balaban J connectivity index is 2.57. The van der Waals surface area contributed by atoms with Crippen LogP contribution in [0, 0.1) is 11.8 Å². The third-order valence-corrected chi connectivity index (χ3v) is 5.04. The van der Waals surface area contributed by atoms with E-state index in [1.807, 2.05) is 19.2 Å². The second kappa shape index (κ2) is 5.06. The first kappa shape index (κ1) is 14.2. The van der Waals surface area contributed by atoms with Crippen molar-refractivity contribution in [3.63, 3.8) is 0 Å². The Morgan fingerprint density at radius 3 is 2.37 bits per heavy atom. The predicted molar refractivity (Wildman–Crippen MR) is 77.0 cm³/mol. The van der Waals surface area contributed by atoms with Gasteiger partial charge in [-0.1, -0.05) is 32.0 Å². The molecule has 0 radical (unpaired) electrons. The summed E-state index contributed by atoms with van der Waals surface area (Å²) in [5.74, 6) is 0.381. The molecule has 1 aliphatic heterocycles. The molecule has 5 heteroatoms. The Kier molecular flexibility index (Phi) is 3.78. The lowest BCUT2D eigenvalue weighted by atomic mass is 9.82. The van der Waals surface area contributed by atoms with E-state index in [2.05, 4.69) is 30.5 Å². The van der Waals surface area contributed by atoms with Gasteiger partial charge in [-0.15, -0.1) is 0 Å². The fourth-order valence-electron chi connectivity index (χ4n) is 2.68. The van der Waals surface area contributed by atoms with Crippen LogP contribution in [0.15, 0.2) is 33.6 Å². The normalized spacial score (nSPS) is 19.9. The SMILES string of the molecule is CNC(C)C(C1=NS(=O)(=O)c2ccccc21)C(C)C. The molecule has 0 aliphatic carbocycles. The summed E-state index contributed by atoms with van der Waals surface area (Å²) < 4.78 is 28.2. The monoisotopic (exact) mass is 280 g/mol. The van der Waals surface area contributed by atoms with Crippen LogP contribution in [-0.4, -0.2) is 27.2 Å². The number of rotatable bonds is 4. The molecule has 1 aromatic carbocycles. The number of hydrogen-bond donors (Lipinski definition) is 1. The Morgan fingerprint density at radius 2 is 1.79 bits per heavy atom.